The molecule has 0 aromatic heterocycles. The maximum absolute atomic E-state index is 11.6. The van der Waals surface area contributed by atoms with Crippen molar-refractivity contribution in [2.75, 3.05) is 6.61 Å². The molecule has 88 valence electrons. The molecule has 4 heteroatoms. The highest BCUT2D eigenvalue weighted by molar-refractivity contribution is 9.10. The number of phenols is 1. The van der Waals surface area contributed by atoms with Crippen molar-refractivity contribution in [1.82, 2.24) is 0 Å². The maximum Gasteiger partial charge on any atom is 0.341 e. The number of rotatable bonds is 4. The third-order valence-electron chi connectivity index (χ3n) is 2.11. The summed E-state index contributed by atoms with van der Waals surface area (Å²) in [7, 11) is 0. The highest BCUT2D eigenvalue weighted by Gasteiger charge is 2.12. The third kappa shape index (κ3) is 3.85. The first kappa shape index (κ1) is 13.0. The maximum atomic E-state index is 11.6. The van der Waals surface area contributed by atoms with E-state index in [9.17, 15) is 9.90 Å². The van der Waals surface area contributed by atoms with Gasteiger partial charge in [-0.15, -0.1) is 0 Å². The zero-order valence-corrected chi connectivity index (χ0v) is 11.0. The molecule has 1 aromatic rings. The molecule has 0 saturated heterocycles. The van der Waals surface area contributed by atoms with E-state index in [-0.39, 0.29) is 11.3 Å². The van der Waals surface area contributed by atoms with Gasteiger partial charge in [0.05, 0.1) is 6.61 Å². The second kappa shape index (κ2) is 5.89. The van der Waals surface area contributed by atoms with Gasteiger partial charge in [0, 0.05) is 4.47 Å². The molecule has 0 bridgehead atoms. The van der Waals surface area contributed by atoms with Gasteiger partial charge in [-0.3, -0.25) is 0 Å². The summed E-state index contributed by atoms with van der Waals surface area (Å²) in [5.41, 5.74) is 0.193. The summed E-state index contributed by atoms with van der Waals surface area (Å²) in [6.45, 7) is 4.50. The fraction of sp³-hybridized carbons (Fsp3) is 0.417. The second-order valence-corrected chi connectivity index (χ2v) is 4.90. The summed E-state index contributed by atoms with van der Waals surface area (Å²) in [5.74, 6) is -0.0545. The zero-order valence-electron chi connectivity index (χ0n) is 9.37. The molecule has 0 atom stereocenters. The topological polar surface area (TPSA) is 46.5 Å². The fourth-order valence-electron chi connectivity index (χ4n) is 1.14. The molecular weight excluding hydrogens is 272 g/mol. The normalized spacial score (nSPS) is 10.5. The molecule has 0 aliphatic heterocycles. The molecule has 0 spiro atoms. The quantitative estimate of drug-likeness (QED) is 0.864. The van der Waals surface area contributed by atoms with E-state index in [1.807, 2.05) is 0 Å². The molecular formula is C12H15BrO3. The van der Waals surface area contributed by atoms with Crippen LogP contribution in [0, 0.1) is 5.92 Å². The van der Waals surface area contributed by atoms with Crippen LogP contribution in [0.15, 0.2) is 22.7 Å². The number of hydrogen-bond acceptors (Lipinski definition) is 3. The van der Waals surface area contributed by atoms with Crippen molar-refractivity contribution in [2.45, 2.75) is 20.3 Å². The number of ether oxygens (including phenoxy) is 1. The first-order valence-corrected chi connectivity index (χ1v) is 5.95. The first-order chi connectivity index (χ1) is 7.50. The molecule has 0 fully saturated rings. The van der Waals surface area contributed by atoms with Crippen LogP contribution in [0.5, 0.6) is 5.75 Å². The lowest BCUT2D eigenvalue weighted by Crippen LogP contribution is -2.08. The monoisotopic (exact) mass is 286 g/mol. The Hall–Kier alpha value is -1.03. The predicted molar refractivity (Wildman–Crippen MR) is 65.5 cm³/mol. The van der Waals surface area contributed by atoms with Crippen molar-refractivity contribution in [3.63, 3.8) is 0 Å². The van der Waals surface area contributed by atoms with Gasteiger partial charge < -0.3 is 9.84 Å². The smallest absolute Gasteiger partial charge is 0.341 e. The second-order valence-electron chi connectivity index (χ2n) is 3.98. The average molecular weight is 287 g/mol. The largest absolute Gasteiger partial charge is 0.507 e. The molecule has 1 N–H and O–H groups in total. The SMILES string of the molecule is CC(C)CCOC(=O)c1cc(Br)ccc1O. The summed E-state index contributed by atoms with van der Waals surface area (Å²) >= 11 is 3.24. The first-order valence-electron chi connectivity index (χ1n) is 5.16. The van der Waals surface area contributed by atoms with Gasteiger partial charge in [-0.25, -0.2) is 4.79 Å². The lowest BCUT2D eigenvalue weighted by molar-refractivity contribution is 0.0485. The average Bonchev–Trinajstić information content (AvgIpc) is 2.21. The van der Waals surface area contributed by atoms with Crippen molar-refractivity contribution >= 4 is 21.9 Å². The Balaban J connectivity index is 2.62. The summed E-state index contributed by atoms with van der Waals surface area (Å²) in [4.78, 5) is 11.6. The number of esters is 1. The molecule has 1 rings (SSSR count). The molecule has 16 heavy (non-hydrogen) atoms. The predicted octanol–water partition coefficient (Wildman–Crippen LogP) is 3.36. The summed E-state index contributed by atoms with van der Waals surface area (Å²) in [6.07, 6.45) is 0.820. The highest BCUT2D eigenvalue weighted by atomic mass is 79.9. The van der Waals surface area contributed by atoms with Gasteiger partial charge in [-0.1, -0.05) is 29.8 Å². The Morgan fingerprint density at radius 1 is 1.50 bits per heavy atom. The van der Waals surface area contributed by atoms with Gasteiger partial charge in [0.2, 0.25) is 0 Å². The van der Waals surface area contributed by atoms with Gasteiger partial charge in [0.1, 0.15) is 11.3 Å². The molecule has 3 nitrogen and oxygen atoms in total. The minimum Gasteiger partial charge on any atom is -0.507 e. The molecule has 0 radical (unpaired) electrons. The van der Waals surface area contributed by atoms with Gasteiger partial charge >= 0.3 is 5.97 Å². The number of halogens is 1. The summed E-state index contributed by atoms with van der Waals surface area (Å²) < 4.78 is 5.79. The minimum absolute atomic E-state index is 0.0576. The standard InChI is InChI=1S/C12H15BrO3/c1-8(2)5-6-16-12(15)10-7-9(13)3-4-11(10)14/h3-4,7-8,14H,5-6H2,1-2H3. The van der Waals surface area contributed by atoms with E-state index in [0.717, 1.165) is 10.9 Å². The minimum atomic E-state index is -0.487. The van der Waals surface area contributed by atoms with Gasteiger partial charge in [0.25, 0.3) is 0 Å². The van der Waals surface area contributed by atoms with Crippen LogP contribution < -0.4 is 0 Å². The van der Waals surface area contributed by atoms with Crippen molar-refractivity contribution in [3.8, 4) is 5.75 Å². The van der Waals surface area contributed by atoms with E-state index in [1.165, 1.54) is 6.07 Å². The van der Waals surface area contributed by atoms with Crippen molar-refractivity contribution in [2.24, 2.45) is 5.92 Å². The molecule has 0 heterocycles. The number of carbonyl (C=O) groups excluding carboxylic acids is 1. The molecule has 0 unspecified atom stereocenters. The molecule has 0 amide bonds. The molecule has 0 aliphatic rings. The molecule has 0 aliphatic carbocycles. The van der Waals surface area contributed by atoms with Crippen LogP contribution in [-0.2, 0) is 4.74 Å². The number of hydrogen-bond donors (Lipinski definition) is 1. The highest BCUT2D eigenvalue weighted by Crippen LogP contribution is 2.22. The van der Waals surface area contributed by atoms with E-state index in [0.29, 0.717) is 12.5 Å². The van der Waals surface area contributed by atoms with Crippen LogP contribution in [0.4, 0.5) is 0 Å². The number of phenolic OH excluding ortho intramolecular Hbond substituents is 1. The molecule has 0 saturated carbocycles. The van der Waals surface area contributed by atoms with Gasteiger partial charge in [0.15, 0.2) is 0 Å². The van der Waals surface area contributed by atoms with E-state index in [2.05, 4.69) is 29.8 Å². The van der Waals surface area contributed by atoms with E-state index >= 15 is 0 Å². The van der Waals surface area contributed by atoms with Crippen molar-refractivity contribution < 1.29 is 14.6 Å². The third-order valence-corrected chi connectivity index (χ3v) is 2.60. The van der Waals surface area contributed by atoms with Gasteiger partial charge in [-0.05, 0) is 30.5 Å². The van der Waals surface area contributed by atoms with Gasteiger partial charge in [-0.2, -0.15) is 0 Å². The van der Waals surface area contributed by atoms with Crippen LogP contribution in [-0.4, -0.2) is 17.7 Å². The van der Waals surface area contributed by atoms with Crippen LogP contribution >= 0.6 is 15.9 Å². The van der Waals surface area contributed by atoms with Crippen LogP contribution in [0.2, 0.25) is 0 Å². The number of benzene rings is 1. The number of carbonyl (C=O) groups is 1. The Morgan fingerprint density at radius 2 is 2.19 bits per heavy atom. The Labute approximate surface area is 104 Å². The Kier molecular flexibility index (Phi) is 4.80. The van der Waals surface area contributed by atoms with Crippen molar-refractivity contribution in [1.29, 1.82) is 0 Å². The number of aromatic hydroxyl groups is 1. The van der Waals surface area contributed by atoms with E-state index in [1.54, 1.807) is 12.1 Å². The summed E-state index contributed by atoms with van der Waals surface area (Å²) in [5, 5.41) is 9.49. The lowest BCUT2D eigenvalue weighted by Gasteiger charge is -2.08. The zero-order chi connectivity index (χ0) is 12.1. The fourth-order valence-corrected chi connectivity index (χ4v) is 1.50. The van der Waals surface area contributed by atoms with Crippen LogP contribution in [0.3, 0.4) is 0 Å². The van der Waals surface area contributed by atoms with Crippen LogP contribution in [0.1, 0.15) is 30.6 Å². The summed E-state index contributed by atoms with van der Waals surface area (Å²) in [6, 6.07) is 4.68. The molecule has 1 aromatic carbocycles. The lowest BCUT2D eigenvalue weighted by atomic mass is 10.1. The van der Waals surface area contributed by atoms with Crippen molar-refractivity contribution in [3.05, 3.63) is 28.2 Å². The Bertz CT molecular complexity index is 375. The van der Waals surface area contributed by atoms with E-state index < -0.39 is 5.97 Å². The Morgan fingerprint density at radius 3 is 2.81 bits per heavy atom. The van der Waals surface area contributed by atoms with Crippen LogP contribution in [0.25, 0.3) is 0 Å². The van der Waals surface area contributed by atoms with E-state index in [4.69, 9.17) is 4.74 Å².